The molecular weight excluding hydrogens is 224 g/mol. The highest BCUT2D eigenvalue weighted by molar-refractivity contribution is 5.90. The van der Waals surface area contributed by atoms with Gasteiger partial charge in [-0.05, 0) is 25.1 Å². The third kappa shape index (κ3) is 3.96. The van der Waals surface area contributed by atoms with Crippen LogP contribution in [0.15, 0.2) is 18.2 Å². The second-order valence-corrected chi connectivity index (χ2v) is 3.66. The second kappa shape index (κ2) is 6.10. The third-order valence-electron chi connectivity index (χ3n) is 2.18. The molecule has 0 aliphatic rings. The van der Waals surface area contributed by atoms with E-state index in [2.05, 4.69) is 0 Å². The fourth-order valence-corrected chi connectivity index (χ4v) is 1.21. The van der Waals surface area contributed by atoms with Crippen LogP contribution >= 0.6 is 0 Å². The highest BCUT2D eigenvalue weighted by Crippen LogP contribution is 2.26. The number of hydrogen-bond donors (Lipinski definition) is 2. The molecular formula is C12H16O5. The zero-order valence-corrected chi connectivity index (χ0v) is 9.84. The highest BCUT2D eigenvalue weighted by atomic mass is 16.5. The minimum absolute atomic E-state index is 0.0342. The van der Waals surface area contributed by atoms with Crippen LogP contribution in [-0.2, 0) is 4.74 Å². The first-order valence-corrected chi connectivity index (χ1v) is 5.26. The van der Waals surface area contributed by atoms with E-state index in [4.69, 9.17) is 14.6 Å². The van der Waals surface area contributed by atoms with Gasteiger partial charge in [-0.2, -0.15) is 0 Å². The molecule has 5 heteroatoms. The molecule has 0 aliphatic heterocycles. The standard InChI is InChI=1S/C12H16O5/c1-8(13)5-6-17-12(15)9-3-4-10(14)11(7-9)16-2/h3-4,7-8,13-14H,5-6H2,1-2H3. The van der Waals surface area contributed by atoms with E-state index >= 15 is 0 Å². The van der Waals surface area contributed by atoms with Gasteiger partial charge in [0.05, 0.1) is 25.4 Å². The minimum Gasteiger partial charge on any atom is -0.504 e. The first-order chi connectivity index (χ1) is 8.04. The number of aromatic hydroxyl groups is 1. The first-order valence-electron chi connectivity index (χ1n) is 5.26. The van der Waals surface area contributed by atoms with E-state index in [1.54, 1.807) is 6.92 Å². The predicted octanol–water partition coefficient (Wildman–Crippen LogP) is 1.33. The Morgan fingerprint density at radius 1 is 1.47 bits per heavy atom. The van der Waals surface area contributed by atoms with Gasteiger partial charge in [0.2, 0.25) is 0 Å². The zero-order valence-electron chi connectivity index (χ0n) is 9.84. The van der Waals surface area contributed by atoms with Crippen LogP contribution in [-0.4, -0.2) is 36.0 Å². The quantitative estimate of drug-likeness (QED) is 0.759. The predicted molar refractivity (Wildman–Crippen MR) is 61.2 cm³/mol. The second-order valence-electron chi connectivity index (χ2n) is 3.66. The van der Waals surface area contributed by atoms with Crippen LogP contribution in [0.25, 0.3) is 0 Å². The molecule has 2 N–H and O–H groups in total. The molecule has 5 nitrogen and oxygen atoms in total. The van der Waals surface area contributed by atoms with Gasteiger partial charge in [0.25, 0.3) is 0 Å². The Balaban J connectivity index is 2.63. The number of methoxy groups -OCH3 is 1. The van der Waals surface area contributed by atoms with Crippen molar-refractivity contribution in [2.45, 2.75) is 19.4 Å². The molecule has 1 rings (SSSR count). The number of benzene rings is 1. The van der Waals surface area contributed by atoms with E-state index in [1.165, 1.54) is 25.3 Å². The Bertz CT molecular complexity index is 386. The Morgan fingerprint density at radius 2 is 2.18 bits per heavy atom. The van der Waals surface area contributed by atoms with Crippen LogP contribution in [0.3, 0.4) is 0 Å². The SMILES string of the molecule is COc1cc(C(=O)OCCC(C)O)ccc1O. The molecule has 0 aliphatic carbocycles. The van der Waals surface area contributed by atoms with Gasteiger partial charge >= 0.3 is 5.97 Å². The lowest BCUT2D eigenvalue weighted by Crippen LogP contribution is -2.11. The molecule has 1 aromatic rings. The fraction of sp³-hybridized carbons (Fsp3) is 0.417. The van der Waals surface area contributed by atoms with E-state index in [0.29, 0.717) is 12.0 Å². The Labute approximate surface area is 99.6 Å². The monoisotopic (exact) mass is 240 g/mol. The summed E-state index contributed by atoms with van der Waals surface area (Å²) in [5.74, 6) is -0.327. The van der Waals surface area contributed by atoms with E-state index < -0.39 is 12.1 Å². The molecule has 0 radical (unpaired) electrons. The van der Waals surface area contributed by atoms with Gasteiger partial charge in [0, 0.05) is 6.42 Å². The van der Waals surface area contributed by atoms with Crippen molar-refractivity contribution in [1.29, 1.82) is 0 Å². The number of aliphatic hydroxyl groups is 1. The molecule has 1 atom stereocenters. The largest absolute Gasteiger partial charge is 0.504 e. The van der Waals surface area contributed by atoms with E-state index in [-0.39, 0.29) is 18.1 Å². The molecule has 0 amide bonds. The van der Waals surface area contributed by atoms with Gasteiger partial charge in [-0.1, -0.05) is 0 Å². The number of carbonyl (C=O) groups is 1. The minimum atomic E-state index is -0.510. The van der Waals surface area contributed by atoms with Crippen molar-refractivity contribution in [3.8, 4) is 11.5 Å². The van der Waals surface area contributed by atoms with Gasteiger partial charge in [-0.15, -0.1) is 0 Å². The number of phenols is 1. The molecule has 17 heavy (non-hydrogen) atoms. The summed E-state index contributed by atoms with van der Waals surface area (Å²) in [6.45, 7) is 1.77. The number of carbonyl (C=O) groups excluding carboxylic acids is 1. The maximum Gasteiger partial charge on any atom is 0.338 e. The van der Waals surface area contributed by atoms with Crippen LogP contribution in [0.5, 0.6) is 11.5 Å². The van der Waals surface area contributed by atoms with Gasteiger partial charge in [-0.3, -0.25) is 0 Å². The highest BCUT2D eigenvalue weighted by Gasteiger charge is 2.11. The lowest BCUT2D eigenvalue weighted by molar-refractivity contribution is 0.0444. The maximum atomic E-state index is 11.6. The Kier molecular flexibility index (Phi) is 4.78. The molecule has 94 valence electrons. The first kappa shape index (κ1) is 13.3. The summed E-state index contributed by atoms with van der Waals surface area (Å²) in [5.41, 5.74) is 0.297. The molecule has 0 aromatic heterocycles. The molecule has 0 fully saturated rings. The van der Waals surface area contributed by atoms with Crippen molar-refractivity contribution in [1.82, 2.24) is 0 Å². The summed E-state index contributed by atoms with van der Waals surface area (Å²) in [5, 5.41) is 18.4. The summed E-state index contributed by atoms with van der Waals surface area (Å²) in [6.07, 6.45) is -0.113. The molecule has 1 unspecified atom stereocenters. The topological polar surface area (TPSA) is 76.0 Å². The van der Waals surface area contributed by atoms with Gasteiger partial charge in [0.1, 0.15) is 0 Å². The van der Waals surface area contributed by atoms with Crippen LogP contribution in [0.2, 0.25) is 0 Å². The van der Waals surface area contributed by atoms with Crippen LogP contribution in [0.1, 0.15) is 23.7 Å². The molecule has 0 bridgehead atoms. The Hall–Kier alpha value is -1.75. The number of aliphatic hydroxyl groups excluding tert-OH is 1. The van der Waals surface area contributed by atoms with Crippen LogP contribution in [0, 0.1) is 0 Å². The summed E-state index contributed by atoms with van der Waals surface area (Å²) >= 11 is 0. The summed E-state index contributed by atoms with van der Waals surface area (Å²) in [6, 6.07) is 4.21. The normalized spacial score (nSPS) is 11.9. The molecule has 0 spiro atoms. The maximum absolute atomic E-state index is 11.6. The summed E-state index contributed by atoms with van der Waals surface area (Å²) < 4.78 is 9.82. The number of ether oxygens (including phenoxy) is 2. The van der Waals surface area contributed by atoms with E-state index in [1.807, 2.05) is 0 Å². The van der Waals surface area contributed by atoms with Crippen molar-refractivity contribution >= 4 is 5.97 Å². The third-order valence-corrected chi connectivity index (χ3v) is 2.18. The van der Waals surface area contributed by atoms with E-state index in [9.17, 15) is 9.90 Å². The average Bonchev–Trinajstić information content (AvgIpc) is 2.29. The van der Waals surface area contributed by atoms with Crippen molar-refractivity contribution in [3.05, 3.63) is 23.8 Å². The number of esters is 1. The summed E-state index contributed by atoms with van der Waals surface area (Å²) in [4.78, 5) is 11.6. The molecule has 0 saturated heterocycles. The summed E-state index contributed by atoms with van der Waals surface area (Å²) in [7, 11) is 1.40. The number of rotatable bonds is 5. The fourth-order valence-electron chi connectivity index (χ4n) is 1.21. The van der Waals surface area contributed by atoms with Crippen molar-refractivity contribution in [2.75, 3.05) is 13.7 Å². The molecule has 0 heterocycles. The zero-order chi connectivity index (χ0) is 12.8. The molecule has 1 aromatic carbocycles. The lowest BCUT2D eigenvalue weighted by Gasteiger charge is -2.08. The lowest BCUT2D eigenvalue weighted by atomic mass is 10.2. The Morgan fingerprint density at radius 3 is 2.76 bits per heavy atom. The van der Waals surface area contributed by atoms with Gasteiger partial charge < -0.3 is 19.7 Å². The van der Waals surface area contributed by atoms with Crippen molar-refractivity contribution in [2.24, 2.45) is 0 Å². The van der Waals surface area contributed by atoms with Gasteiger partial charge in [-0.25, -0.2) is 4.79 Å². The average molecular weight is 240 g/mol. The van der Waals surface area contributed by atoms with Crippen molar-refractivity contribution in [3.63, 3.8) is 0 Å². The van der Waals surface area contributed by atoms with Crippen molar-refractivity contribution < 1.29 is 24.5 Å². The molecule has 0 saturated carbocycles. The van der Waals surface area contributed by atoms with Gasteiger partial charge in [0.15, 0.2) is 11.5 Å². The number of phenolic OH excluding ortho intramolecular Hbond substituents is 1. The van der Waals surface area contributed by atoms with Crippen LogP contribution < -0.4 is 4.74 Å². The van der Waals surface area contributed by atoms with E-state index in [0.717, 1.165) is 0 Å². The smallest absolute Gasteiger partial charge is 0.338 e. The van der Waals surface area contributed by atoms with Crippen LogP contribution in [0.4, 0.5) is 0 Å². The number of hydrogen-bond acceptors (Lipinski definition) is 5.